The summed E-state index contributed by atoms with van der Waals surface area (Å²) in [6.45, 7) is 3.36. The number of nitrogens with zero attached hydrogens (tertiary/aromatic N) is 2. The van der Waals surface area contributed by atoms with Crippen molar-refractivity contribution in [2.45, 2.75) is 12.8 Å². The smallest absolute Gasteiger partial charge is 0.0193 e. The van der Waals surface area contributed by atoms with Crippen molar-refractivity contribution in [2.75, 3.05) is 40.8 Å². The van der Waals surface area contributed by atoms with Crippen LogP contribution in [0.2, 0.25) is 0 Å². The fourth-order valence-electron chi connectivity index (χ4n) is 2.41. The van der Waals surface area contributed by atoms with Gasteiger partial charge in [-0.3, -0.25) is 0 Å². The number of benzene rings is 1. The first-order valence-corrected chi connectivity index (χ1v) is 6.76. The molecule has 0 unspecified atom stereocenters. The second kappa shape index (κ2) is 6.17. The van der Waals surface area contributed by atoms with Crippen LogP contribution in [0.25, 0.3) is 6.08 Å². The molecular formula is C16H24N2. The lowest BCUT2D eigenvalue weighted by molar-refractivity contribution is 0.296. The van der Waals surface area contributed by atoms with E-state index in [1.807, 2.05) is 0 Å². The summed E-state index contributed by atoms with van der Waals surface area (Å²) in [4.78, 5) is 4.65. The Bertz CT molecular complexity index is 421. The van der Waals surface area contributed by atoms with Crippen molar-refractivity contribution in [1.82, 2.24) is 9.80 Å². The summed E-state index contributed by atoms with van der Waals surface area (Å²) in [7, 11) is 6.47. The van der Waals surface area contributed by atoms with Crippen LogP contribution in [-0.2, 0) is 6.42 Å². The van der Waals surface area contributed by atoms with Crippen LogP contribution in [0, 0.1) is 0 Å². The van der Waals surface area contributed by atoms with E-state index in [0.717, 1.165) is 19.6 Å². The molecule has 2 rings (SSSR count). The molecule has 0 bridgehead atoms. The van der Waals surface area contributed by atoms with Gasteiger partial charge < -0.3 is 9.80 Å². The summed E-state index contributed by atoms with van der Waals surface area (Å²) in [5, 5.41) is 0. The summed E-state index contributed by atoms with van der Waals surface area (Å²) in [5.41, 5.74) is 4.48. The molecule has 0 saturated carbocycles. The van der Waals surface area contributed by atoms with Gasteiger partial charge in [-0.25, -0.2) is 0 Å². The van der Waals surface area contributed by atoms with Crippen molar-refractivity contribution in [3.63, 3.8) is 0 Å². The van der Waals surface area contributed by atoms with Gasteiger partial charge in [0.25, 0.3) is 0 Å². The van der Waals surface area contributed by atoms with E-state index in [-0.39, 0.29) is 0 Å². The van der Waals surface area contributed by atoms with Crippen molar-refractivity contribution < 1.29 is 0 Å². The highest BCUT2D eigenvalue weighted by Gasteiger charge is 2.11. The van der Waals surface area contributed by atoms with E-state index in [2.05, 4.69) is 61.3 Å². The van der Waals surface area contributed by atoms with Crippen LogP contribution in [-0.4, -0.2) is 50.6 Å². The molecule has 18 heavy (non-hydrogen) atoms. The lowest BCUT2D eigenvalue weighted by atomic mass is 9.92. The molecule has 0 atom stereocenters. The first-order valence-electron chi connectivity index (χ1n) is 6.76. The molecule has 0 heterocycles. The van der Waals surface area contributed by atoms with Gasteiger partial charge in [0.2, 0.25) is 0 Å². The van der Waals surface area contributed by atoms with E-state index in [1.165, 1.54) is 24.0 Å². The van der Waals surface area contributed by atoms with E-state index < -0.39 is 0 Å². The van der Waals surface area contributed by atoms with E-state index in [0.29, 0.717) is 0 Å². The number of hydrogen-bond acceptors (Lipinski definition) is 2. The summed E-state index contributed by atoms with van der Waals surface area (Å²) in [5.74, 6) is 0. The molecule has 1 aliphatic carbocycles. The second-order valence-electron chi connectivity index (χ2n) is 5.54. The van der Waals surface area contributed by atoms with Crippen LogP contribution in [0.15, 0.2) is 29.8 Å². The summed E-state index contributed by atoms with van der Waals surface area (Å²) in [6, 6.07) is 8.75. The predicted molar refractivity (Wildman–Crippen MR) is 78.8 cm³/mol. The van der Waals surface area contributed by atoms with Gasteiger partial charge >= 0.3 is 0 Å². The first-order chi connectivity index (χ1) is 8.65. The molecular weight excluding hydrogens is 220 g/mol. The molecule has 0 radical (unpaired) electrons. The van der Waals surface area contributed by atoms with Gasteiger partial charge in [-0.2, -0.15) is 0 Å². The molecule has 0 amide bonds. The minimum atomic E-state index is 1.10. The van der Waals surface area contributed by atoms with Gasteiger partial charge in [0.15, 0.2) is 0 Å². The quantitative estimate of drug-likeness (QED) is 0.785. The lowest BCUT2D eigenvalue weighted by Gasteiger charge is -2.23. The van der Waals surface area contributed by atoms with E-state index in [4.69, 9.17) is 0 Å². The Balaban J connectivity index is 1.93. The lowest BCUT2D eigenvalue weighted by Crippen LogP contribution is -2.30. The summed E-state index contributed by atoms with van der Waals surface area (Å²) < 4.78 is 0. The zero-order valence-corrected chi connectivity index (χ0v) is 11.8. The Morgan fingerprint density at radius 2 is 1.78 bits per heavy atom. The topological polar surface area (TPSA) is 6.48 Å². The monoisotopic (exact) mass is 244 g/mol. The molecule has 1 aliphatic rings. The SMILES string of the molecule is CN(C)CCN(C)CC1=Cc2ccccc2CC1. The molecule has 0 aliphatic heterocycles. The Labute approximate surface area is 111 Å². The average molecular weight is 244 g/mol. The molecule has 0 saturated heterocycles. The molecule has 0 spiro atoms. The van der Waals surface area contributed by atoms with Gasteiger partial charge in [0.1, 0.15) is 0 Å². The molecule has 1 aromatic rings. The Hall–Kier alpha value is -1.12. The Kier molecular flexibility index (Phi) is 4.56. The maximum absolute atomic E-state index is 2.42. The van der Waals surface area contributed by atoms with Crippen molar-refractivity contribution in [3.8, 4) is 0 Å². The van der Waals surface area contributed by atoms with Gasteiger partial charge in [-0.15, -0.1) is 0 Å². The number of aryl methyl sites for hydroxylation is 1. The third-order valence-electron chi connectivity index (χ3n) is 3.53. The van der Waals surface area contributed by atoms with Crippen LogP contribution in [0.5, 0.6) is 0 Å². The van der Waals surface area contributed by atoms with Crippen LogP contribution in [0.3, 0.4) is 0 Å². The van der Waals surface area contributed by atoms with Crippen LogP contribution >= 0.6 is 0 Å². The normalized spacial score (nSPS) is 14.8. The minimum absolute atomic E-state index is 1.10. The van der Waals surface area contributed by atoms with Gasteiger partial charge in [0.05, 0.1) is 0 Å². The molecule has 2 heteroatoms. The summed E-state index contributed by atoms with van der Waals surface area (Å²) in [6.07, 6.45) is 4.79. The predicted octanol–water partition coefficient (Wildman–Crippen LogP) is 2.51. The Morgan fingerprint density at radius 3 is 2.56 bits per heavy atom. The standard InChI is InChI=1S/C16H24N2/c1-17(2)10-11-18(3)13-14-8-9-15-6-4-5-7-16(15)12-14/h4-7,12H,8-11,13H2,1-3H3. The van der Waals surface area contributed by atoms with E-state index in [1.54, 1.807) is 5.57 Å². The van der Waals surface area contributed by atoms with Gasteiger partial charge in [0, 0.05) is 19.6 Å². The average Bonchev–Trinajstić information content (AvgIpc) is 2.36. The fourth-order valence-corrected chi connectivity index (χ4v) is 2.41. The maximum atomic E-state index is 2.42. The number of rotatable bonds is 5. The van der Waals surface area contributed by atoms with Crippen molar-refractivity contribution in [3.05, 3.63) is 41.0 Å². The maximum Gasteiger partial charge on any atom is 0.0193 e. The summed E-state index contributed by atoms with van der Waals surface area (Å²) >= 11 is 0. The zero-order valence-electron chi connectivity index (χ0n) is 11.8. The number of likely N-dealkylation sites (N-methyl/N-ethyl adjacent to an activating group) is 2. The largest absolute Gasteiger partial charge is 0.308 e. The van der Waals surface area contributed by atoms with E-state index >= 15 is 0 Å². The third-order valence-corrected chi connectivity index (χ3v) is 3.53. The highest BCUT2D eigenvalue weighted by atomic mass is 15.1. The first kappa shape index (κ1) is 13.3. The minimum Gasteiger partial charge on any atom is -0.308 e. The molecule has 2 nitrogen and oxygen atoms in total. The van der Waals surface area contributed by atoms with Crippen LogP contribution in [0.4, 0.5) is 0 Å². The van der Waals surface area contributed by atoms with Crippen LogP contribution in [0.1, 0.15) is 17.5 Å². The number of hydrogen-bond donors (Lipinski definition) is 0. The Morgan fingerprint density at radius 1 is 1.00 bits per heavy atom. The highest BCUT2D eigenvalue weighted by molar-refractivity contribution is 5.59. The van der Waals surface area contributed by atoms with Crippen LogP contribution < -0.4 is 0 Å². The third kappa shape index (κ3) is 3.69. The van der Waals surface area contributed by atoms with Crippen molar-refractivity contribution in [1.29, 1.82) is 0 Å². The second-order valence-corrected chi connectivity index (χ2v) is 5.54. The van der Waals surface area contributed by atoms with Crippen molar-refractivity contribution >= 4 is 6.08 Å². The molecule has 0 fully saturated rings. The molecule has 1 aromatic carbocycles. The number of fused-ring (bicyclic) bond motifs is 1. The van der Waals surface area contributed by atoms with E-state index in [9.17, 15) is 0 Å². The molecule has 0 aromatic heterocycles. The highest BCUT2D eigenvalue weighted by Crippen LogP contribution is 2.23. The molecule has 98 valence electrons. The van der Waals surface area contributed by atoms with Crippen molar-refractivity contribution in [2.24, 2.45) is 0 Å². The fraction of sp³-hybridized carbons (Fsp3) is 0.500. The zero-order chi connectivity index (χ0) is 13.0. The molecule has 0 N–H and O–H groups in total. The van der Waals surface area contributed by atoms with Gasteiger partial charge in [-0.05, 0) is 45.1 Å². The van der Waals surface area contributed by atoms with Gasteiger partial charge in [-0.1, -0.05) is 35.9 Å².